The number of aryl methyl sites for hydroxylation is 1. The van der Waals surface area contributed by atoms with E-state index in [1.54, 1.807) is 0 Å². The summed E-state index contributed by atoms with van der Waals surface area (Å²) in [5, 5.41) is 11.0. The molecule has 1 nitrogen and oxygen atoms in total. The van der Waals surface area contributed by atoms with Crippen LogP contribution in [0.1, 0.15) is 24.2 Å². The Kier molecular flexibility index (Phi) is 5.00. The van der Waals surface area contributed by atoms with Crippen LogP contribution in [-0.4, -0.2) is 20.1 Å². The molecule has 0 heterocycles. The third-order valence-electron chi connectivity index (χ3n) is 2.92. The number of aliphatic hydroxyl groups excluding tert-OH is 1. The van der Waals surface area contributed by atoms with E-state index in [2.05, 4.69) is 43.3 Å². The van der Waals surface area contributed by atoms with Gasteiger partial charge in [-0.15, -0.1) is 0 Å². The van der Waals surface area contributed by atoms with Gasteiger partial charge in [0.25, 0.3) is 0 Å². The van der Waals surface area contributed by atoms with Gasteiger partial charge in [-0.25, -0.2) is 0 Å². The second-order valence-electron chi connectivity index (χ2n) is 4.23. The fourth-order valence-electron chi connectivity index (χ4n) is 1.76. The van der Waals surface area contributed by atoms with Gasteiger partial charge in [0.15, 0.2) is 0 Å². The minimum absolute atomic E-state index is 0.337. The number of aliphatic hydroxyl groups is 1. The Bertz CT molecular complexity index is 464. The van der Waals surface area contributed by atoms with Crippen molar-refractivity contribution in [1.29, 1.82) is 0 Å². The van der Waals surface area contributed by atoms with E-state index in [-0.39, 0.29) is 6.10 Å². The predicted molar refractivity (Wildman–Crippen MR) is 77.4 cm³/mol. The molecule has 94 valence electrons. The monoisotopic (exact) mass is 306 g/mol. The van der Waals surface area contributed by atoms with E-state index in [4.69, 9.17) is 0 Å². The maximum atomic E-state index is 10.2. The molecular formula is C16H18OSe. The minimum atomic E-state index is -0.337. The van der Waals surface area contributed by atoms with Gasteiger partial charge >= 0.3 is 115 Å². The summed E-state index contributed by atoms with van der Waals surface area (Å²) < 4.78 is 1.34. The van der Waals surface area contributed by atoms with Crippen molar-refractivity contribution in [2.24, 2.45) is 0 Å². The molecule has 0 bridgehead atoms. The predicted octanol–water partition coefficient (Wildman–Crippen LogP) is 2.73. The zero-order chi connectivity index (χ0) is 12.8. The van der Waals surface area contributed by atoms with E-state index in [1.807, 2.05) is 18.2 Å². The van der Waals surface area contributed by atoms with Crippen LogP contribution < -0.4 is 4.46 Å². The topological polar surface area (TPSA) is 20.2 Å². The number of benzene rings is 2. The number of hydrogen-bond acceptors (Lipinski definition) is 1. The first kappa shape index (κ1) is 13.4. The van der Waals surface area contributed by atoms with Crippen molar-refractivity contribution in [1.82, 2.24) is 0 Å². The summed E-state index contributed by atoms with van der Waals surface area (Å²) in [5.41, 5.74) is 2.35. The van der Waals surface area contributed by atoms with Crippen LogP contribution in [0.4, 0.5) is 0 Å². The Balaban J connectivity index is 1.93. The summed E-state index contributed by atoms with van der Waals surface area (Å²) in [4.78, 5) is 0. The Morgan fingerprint density at radius 1 is 1.00 bits per heavy atom. The summed E-state index contributed by atoms with van der Waals surface area (Å²) in [6, 6.07) is 18.7. The molecule has 2 heteroatoms. The first-order chi connectivity index (χ1) is 8.79. The molecule has 0 fully saturated rings. The van der Waals surface area contributed by atoms with Gasteiger partial charge in [0.1, 0.15) is 0 Å². The van der Waals surface area contributed by atoms with Gasteiger partial charge in [-0.1, -0.05) is 0 Å². The number of rotatable bonds is 5. The summed E-state index contributed by atoms with van der Waals surface area (Å²) >= 11 is 0.337. The average Bonchev–Trinajstić information content (AvgIpc) is 2.46. The van der Waals surface area contributed by atoms with Crippen LogP contribution in [0.15, 0.2) is 54.6 Å². The van der Waals surface area contributed by atoms with E-state index in [9.17, 15) is 5.11 Å². The summed E-state index contributed by atoms with van der Waals surface area (Å²) in [6.45, 7) is 2.14. The van der Waals surface area contributed by atoms with Crippen LogP contribution in [0.5, 0.6) is 0 Å². The molecule has 1 N–H and O–H groups in total. The summed E-state index contributed by atoms with van der Waals surface area (Å²) in [6.07, 6.45) is 0.709. The maximum absolute atomic E-state index is 10.2. The van der Waals surface area contributed by atoms with Crippen LogP contribution in [0.3, 0.4) is 0 Å². The Morgan fingerprint density at radius 2 is 1.67 bits per heavy atom. The molecule has 0 aliphatic heterocycles. The average molecular weight is 305 g/mol. The van der Waals surface area contributed by atoms with Crippen molar-refractivity contribution < 1.29 is 5.11 Å². The molecule has 0 aromatic heterocycles. The zero-order valence-electron chi connectivity index (χ0n) is 10.5. The van der Waals surface area contributed by atoms with Crippen LogP contribution in [-0.2, 0) is 6.42 Å². The van der Waals surface area contributed by atoms with E-state index in [0.717, 1.165) is 17.3 Å². The molecule has 0 aliphatic rings. The summed E-state index contributed by atoms with van der Waals surface area (Å²) in [5.74, 6) is 0. The van der Waals surface area contributed by atoms with Gasteiger partial charge in [0.2, 0.25) is 0 Å². The molecule has 2 rings (SSSR count). The number of hydrogen-bond donors (Lipinski definition) is 1. The van der Waals surface area contributed by atoms with Gasteiger partial charge in [-0.3, -0.25) is 0 Å². The van der Waals surface area contributed by atoms with Crippen molar-refractivity contribution in [3.05, 3.63) is 65.7 Å². The van der Waals surface area contributed by atoms with E-state index in [0.29, 0.717) is 15.0 Å². The fourth-order valence-corrected chi connectivity index (χ4v) is 3.64. The second kappa shape index (κ2) is 6.75. The SMILES string of the molecule is CCc1ccc([C@@H](O)C[Se]c2ccccc2)cc1. The zero-order valence-corrected chi connectivity index (χ0v) is 12.3. The first-order valence-electron chi connectivity index (χ1n) is 6.24. The third kappa shape index (κ3) is 3.71. The molecule has 0 aliphatic carbocycles. The van der Waals surface area contributed by atoms with Gasteiger partial charge in [0.05, 0.1) is 0 Å². The van der Waals surface area contributed by atoms with Gasteiger partial charge < -0.3 is 0 Å². The molecule has 0 spiro atoms. The standard InChI is InChI=1S/C16H18OSe/c1-2-13-8-10-14(11-9-13)16(17)12-18-15-6-4-3-5-7-15/h3-11,16-17H,2,12H2,1H3/t16-/m0/s1. The van der Waals surface area contributed by atoms with Gasteiger partial charge in [-0.2, -0.15) is 0 Å². The van der Waals surface area contributed by atoms with E-state index in [1.165, 1.54) is 10.0 Å². The molecule has 2 aromatic carbocycles. The molecule has 0 saturated heterocycles. The summed E-state index contributed by atoms with van der Waals surface area (Å²) in [7, 11) is 0. The van der Waals surface area contributed by atoms with Crippen molar-refractivity contribution in [2.75, 3.05) is 0 Å². The third-order valence-corrected chi connectivity index (χ3v) is 5.21. The molecule has 0 radical (unpaired) electrons. The first-order valence-corrected chi connectivity index (χ1v) is 8.31. The van der Waals surface area contributed by atoms with Crippen LogP contribution >= 0.6 is 0 Å². The van der Waals surface area contributed by atoms with Crippen molar-refractivity contribution in [2.45, 2.75) is 24.8 Å². The Labute approximate surface area is 115 Å². The quantitative estimate of drug-likeness (QED) is 0.842. The normalized spacial score (nSPS) is 12.3. The van der Waals surface area contributed by atoms with Gasteiger partial charge in [0, 0.05) is 0 Å². The molecule has 0 unspecified atom stereocenters. The van der Waals surface area contributed by atoms with Crippen molar-refractivity contribution >= 4 is 19.4 Å². The molecule has 0 saturated carbocycles. The van der Waals surface area contributed by atoms with Crippen molar-refractivity contribution in [3.63, 3.8) is 0 Å². The molecule has 1 atom stereocenters. The molecule has 2 aromatic rings. The van der Waals surface area contributed by atoms with Crippen LogP contribution in [0.25, 0.3) is 0 Å². The Hall–Kier alpha value is -1.08. The molecular weight excluding hydrogens is 287 g/mol. The molecule has 18 heavy (non-hydrogen) atoms. The molecule has 0 amide bonds. The van der Waals surface area contributed by atoms with Crippen LogP contribution in [0, 0.1) is 0 Å². The van der Waals surface area contributed by atoms with Gasteiger partial charge in [-0.05, 0) is 0 Å². The van der Waals surface area contributed by atoms with Crippen molar-refractivity contribution in [3.8, 4) is 0 Å². The second-order valence-corrected chi connectivity index (χ2v) is 6.53. The Morgan fingerprint density at radius 3 is 2.28 bits per heavy atom. The van der Waals surface area contributed by atoms with E-state index >= 15 is 0 Å². The fraction of sp³-hybridized carbons (Fsp3) is 0.250. The van der Waals surface area contributed by atoms with E-state index < -0.39 is 0 Å². The van der Waals surface area contributed by atoms with Crippen LogP contribution in [0.2, 0.25) is 5.32 Å².